The maximum Gasteiger partial charge on any atom is 0.243 e. The average Bonchev–Trinajstić information content (AvgIpc) is 2.72. The van der Waals surface area contributed by atoms with E-state index in [2.05, 4.69) is 5.32 Å². The Morgan fingerprint density at radius 1 is 1.03 bits per heavy atom. The number of carbonyl (C=O) groups excluding carboxylic acids is 1. The van der Waals surface area contributed by atoms with Gasteiger partial charge in [0.25, 0.3) is 0 Å². The molecule has 0 aliphatic carbocycles. The number of amides is 1. The van der Waals surface area contributed by atoms with Gasteiger partial charge in [-0.3, -0.25) is 4.79 Å². The topological polar surface area (TPSA) is 75.7 Å². The number of benzene rings is 2. The molecule has 31 heavy (non-hydrogen) atoms. The Labute approximate surface area is 185 Å². The van der Waals surface area contributed by atoms with Gasteiger partial charge in [0, 0.05) is 25.6 Å². The molecule has 1 heterocycles. The van der Waals surface area contributed by atoms with E-state index >= 15 is 0 Å². The van der Waals surface area contributed by atoms with Gasteiger partial charge in [-0.25, -0.2) is 8.42 Å². The Morgan fingerprint density at radius 3 is 2.32 bits per heavy atom. The summed E-state index contributed by atoms with van der Waals surface area (Å²) in [7, 11) is -3.50. The quantitative estimate of drug-likeness (QED) is 0.630. The summed E-state index contributed by atoms with van der Waals surface area (Å²) in [4.78, 5) is 12.6. The Bertz CT molecular complexity index is 995. The van der Waals surface area contributed by atoms with Gasteiger partial charge in [0.2, 0.25) is 15.9 Å². The van der Waals surface area contributed by atoms with Crippen molar-refractivity contribution in [2.75, 3.05) is 19.7 Å². The molecule has 2 aromatic rings. The molecule has 1 amide bonds. The van der Waals surface area contributed by atoms with Gasteiger partial charge in [0.1, 0.15) is 5.75 Å². The third-order valence-electron chi connectivity index (χ3n) is 5.61. The minimum absolute atomic E-state index is 0.0103. The van der Waals surface area contributed by atoms with Gasteiger partial charge >= 0.3 is 0 Å². The monoisotopic (exact) mass is 444 g/mol. The van der Waals surface area contributed by atoms with Crippen LogP contribution in [0.5, 0.6) is 5.75 Å². The molecule has 1 aliphatic rings. The van der Waals surface area contributed by atoms with Gasteiger partial charge in [-0.15, -0.1) is 0 Å². The summed E-state index contributed by atoms with van der Waals surface area (Å²) >= 11 is 0. The van der Waals surface area contributed by atoms with Crippen LogP contribution >= 0.6 is 0 Å². The molecule has 0 unspecified atom stereocenters. The molecular weight excluding hydrogens is 412 g/mol. The van der Waals surface area contributed by atoms with E-state index in [1.807, 2.05) is 57.2 Å². The average molecular weight is 445 g/mol. The standard InChI is InChI=1S/C24H32N2O4S/c1-18-6-9-22(10-7-18)30-16-4-5-24(27)25-21-12-14-26(15-13-21)31(28,29)23-11-8-19(2)17-20(23)3/h6-11,17,21H,4-5,12-16H2,1-3H3,(H,25,27). The summed E-state index contributed by atoms with van der Waals surface area (Å²) in [6.45, 7) is 7.12. The van der Waals surface area contributed by atoms with Crippen LogP contribution in [0.1, 0.15) is 42.4 Å². The van der Waals surface area contributed by atoms with Crippen LogP contribution in [-0.4, -0.2) is 44.4 Å². The number of ether oxygens (including phenoxy) is 1. The van der Waals surface area contributed by atoms with E-state index in [1.165, 1.54) is 9.87 Å². The van der Waals surface area contributed by atoms with E-state index < -0.39 is 10.0 Å². The molecule has 1 fully saturated rings. The second-order valence-electron chi connectivity index (χ2n) is 8.28. The summed E-state index contributed by atoms with van der Waals surface area (Å²) in [5, 5.41) is 3.04. The van der Waals surface area contributed by atoms with Gasteiger partial charge in [-0.05, 0) is 63.8 Å². The molecule has 3 rings (SSSR count). The molecule has 1 aliphatic heterocycles. The van der Waals surface area contributed by atoms with Crippen molar-refractivity contribution >= 4 is 15.9 Å². The van der Waals surface area contributed by atoms with Crippen molar-refractivity contribution in [3.05, 3.63) is 59.2 Å². The molecule has 6 nitrogen and oxygen atoms in total. The number of aryl methyl sites for hydroxylation is 3. The number of hydrogen-bond acceptors (Lipinski definition) is 4. The van der Waals surface area contributed by atoms with E-state index in [1.54, 1.807) is 6.07 Å². The van der Waals surface area contributed by atoms with Crippen LogP contribution in [0.25, 0.3) is 0 Å². The number of piperidine rings is 1. The largest absolute Gasteiger partial charge is 0.494 e. The minimum Gasteiger partial charge on any atom is -0.494 e. The summed E-state index contributed by atoms with van der Waals surface area (Å²) in [5.41, 5.74) is 2.99. The second kappa shape index (κ2) is 10.3. The van der Waals surface area contributed by atoms with Crippen LogP contribution in [0.3, 0.4) is 0 Å². The SMILES string of the molecule is Cc1ccc(OCCCC(=O)NC2CCN(S(=O)(=O)c3ccc(C)cc3C)CC2)cc1. The molecule has 0 spiro atoms. The second-order valence-corrected chi connectivity index (χ2v) is 10.2. The predicted molar refractivity (Wildman–Crippen MR) is 122 cm³/mol. The van der Waals surface area contributed by atoms with Gasteiger partial charge in [0.15, 0.2) is 0 Å². The first-order valence-corrected chi connectivity index (χ1v) is 12.3. The molecule has 1 saturated heterocycles. The van der Waals surface area contributed by atoms with E-state index in [9.17, 15) is 13.2 Å². The molecule has 2 aromatic carbocycles. The van der Waals surface area contributed by atoms with Crippen LogP contribution in [0.4, 0.5) is 0 Å². The number of carbonyl (C=O) groups is 1. The number of sulfonamides is 1. The van der Waals surface area contributed by atoms with Crippen molar-refractivity contribution in [2.24, 2.45) is 0 Å². The summed E-state index contributed by atoms with van der Waals surface area (Å²) in [6.07, 6.45) is 2.28. The highest BCUT2D eigenvalue weighted by Gasteiger charge is 2.30. The first-order valence-electron chi connectivity index (χ1n) is 10.8. The maximum atomic E-state index is 13.0. The lowest BCUT2D eigenvalue weighted by atomic mass is 10.1. The van der Waals surface area contributed by atoms with Gasteiger partial charge in [-0.1, -0.05) is 35.4 Å². The van der Waals surface area contributed by atoms with Gasteiger partial charge in [-0.2, -0.15) is 4.31 Å². The molecular formula is C24H32N2O4S. The molecule has 0 saturated carbocycles. The normalized spacial score (nSPS) is 15.6. The number of rotatable bonds is 8. The summed E-state index contributed by atoms with van der Waals surface area (Å²) < 4.78 is 33.2. The van der Waals surface area contributed by atoms with Crippen molar-refractivity contribution in [1.82, 2.24) is 9.62 Å². The minimum atomic E-state index is -3.50. The lowest BCUT2D eigenvalue weighted by molar-refractivity contribution is -0.122. The van der Waals surface area contributed by atoms with Crippen molar-refractivity contribution in [3.63, 3.8) is 0 Å². The Kier molecular flexibility index (Phi) is 7.73. The highest BCUT2D eigenvalue weighted by molar-refractivity contribution is 7.89. The fourth-order valence-electron chi connectivity index (χ4n) is 3.83. The van der Waals surface area contributed by atoms with Crippen LogP contribution < -0.4 is 10.1 Å². The van der Waals surface area contributed by atoms with Crippen molar-refractivity contribution < 1.29 is 17.9 Å². The highest BCUT2D eigenvalue weighted by Crippen LogP contribution is 2.24. The maximum absolute atomic E-state index is 13.0. The number of hydrogen-bond donors (Lipinski definition) is 1. The zero-order valence-electron chi connectivity index (χ0n) is 18.6. The summed E-state index contributed by atoms with van der Waals surface area (Å²) in [5.74, 6) is 0.798. The fourth-order valence-corrected chi connectivity index (χ4v) is 5.50. The number of nitrogens with one attached hydrogen (secondary N) is 1. The number of nitrogens with zero attached hydrogens (tertiary/aromatic N) is 1. The highest BCUT2D eigenvalue weighted by atomic mass is 32.2. The fraction of sp³-hybridized carbons (Fsp3) is 0.458. The molecule has 0 radical (unpaired) electrons. The van der Waals surface area contributed by atoms with Crippen molar-refractivity contribution in [3.8, 4) is 5.75 Å². The van der Waals surface area contributed by atoms with Crippen LogP contribution in [-0.2, 0) is 14.8 Å². The predicted octanol–water partition coefficient (Wildman–Crippen LogP) is 3.74. The molecule has 0 atom stereocenters. The Morgan fingerprint density at radius 2 is 1.68 bits per heavy atom. The third kappa shape index (κ3) is 6.31. The molecule has 1 N–H and O–H groups in total. The third-order valence-corrected chi connectivity index (χ3v) is 7.66. The zero-order chi connectivity index (χ0) is 22.4. The smallest absolute Gasteiger partial charge is 0.243 e. The molecule has 0 aromatic heterocycles. The van der Waals surface area contributed by atoms with E-state index in [0.29, 0.717) is 50.3 Å². The van der Waals surface area contributed by atoms with E-state index in [0.717, 1.165) is 16.9 Å². The van der Waals surface area contributed by atoms with Gasteiger partial charge < -0.3 is 10.1 Å². The lowest BCUT2D eigenvalue weighted by Gasteiger charge is -2.32. The Hall–Kier alpha value is -2.38. The van der Waals surface area contributed by atoms with Crippen LogP contribution in [0.15, 0.2) is 47.4 Å². The van der Waals surface area contributed by atoms with Crippen LogP contribution in [0.2, 0.25) is 0 Å². The van der Waals surface area contributed by atoms with E-state index in [-0.39, 0.29) is 11.9 Å². The van der Waals surface area contributed by atoms with E-state index in [4.69, 9.17) is 4.74 Å². The first-order chi connectivity index (χ1) is 14.8. The lowest BCUT2D eigenvalue weighted by Crippen LogP contribution is -2.46. The first kappa shape index (κ1) is 23.3. The summed E-state index contributed by atoms with van der Waals surface area (Å²) in [6, 6.07) is 13.3. The van der Waals surface area contributed by atoms with Crippen molar-refractivity contribution in [1.29, 1.82) is 0 Å². The molecule has 168 valence electrons. The van der Waals surface area contributed by atoms with Crippen molar-refractivity contribution in [2.45, 2.75) is 57.4 Å². The molecule has 0 bridgehead atoms. The Balaban J connectivity index is 1.41. The van der Waals surface area contributed by atoms with Gasteiger partial charge in [0.05, 0.1) is 11.5 Å². The van der Waals surface area contributed by atoms with Crippen LogP contribution in [0, 0.1) is 20.8 Å². The molecule has 7 heteroatoms. The zero-order valence-corrected chi connectivity index (χ0v) is 19.4.